The minimum Gasteiger partial charge on any atom is -0.378 e. The zero-order valence-corrected chi connectivity index (χ0v) is 8.12. The van der Waals surface area contributed by atoms with E-state index in [9.17, 15) is 0 Å². The molecule has 1 nitrogen and oxygen atoms in total. The van der Waals surface area contributed by atoms with Gasteiger partial charge in [0.1, 0.15) is 0 Å². The average Bonchev–Trinajstić information content (AvgIpc) is 2.17. The first-order valence-corrected chi connectivity index (χ1v) is 4.57. The Morgan fingerprint density at radius 1 is 1.23 bits per heavy atom. The highest BCUT2D eigenvalue weighted by atomic mass is 15.1. The van der Waals surface area contributed by atoms with E-state index < -0.39 is 0 Å². The lowest BCUT2D eigenvalue weighted by Gasteiger charge is -2.17. The van der Waals surface area contributed by atoms with Gasteiger partial charge in [0, 0.05) is 26.2 Å². The number of allylic oxidation sites excluding steroid dienone is 2. The summed E-state index contributed by atoms with van der Waals surface area (Å²) in [5.41, 5.74) is 4.06. The Balaban J connectivity index is 2.38. The predicted molar refractivity (Wildman–Crippen MR) is 57.0 cm³/mol. The summed E-state index contributed by atoms with van der Waals surface area (Å²) >= 11 is 0. The summed E-state index contributed by atoms with van der Waals surface area (Å²) in [6, 6.07) is 6.61. The van der Waals surface area contributed by atoms with Crippen molar-refractivity contribution in [2.45, 2.75) is 6.42 Å². The minimum atomic E-state index is 1.06. The second-order valence-corrected chi connectivity index (χ2v) is 3.58. The quantitative estimate of drug-likeness (QED) is 0.628. The van der Waals surface area contributed by atoms with Crippen molar-refractivity contribution >= 4 is 5.69 Å². The molecule has 1 aliphatic rings. The normalized spacial score (nSPS) is 14.0. The summed E-state index contributed by atoms with van der Waals surface area (Å²) in [7, 11) is 4.15. The highest BCUT2D eigenvalue weighted by Gasteiger charge is 2.06. The van der Waals surface area contributed by atoms with Crippen LogP contribution in [0.5, 0.6) is 0 Å². The van der Waals surface area contributed by atoms with E-state index in [1.54, 1.807) is 0 Å². The van der Waals surface area contributed by atoms with E-state index in [2.05, 4.69) is 55.8 Å². The lowest BCUT2D eigenvalue weighted by atomic mass is 9.96. The van der Waals surface area contributed by atoms with E-state index in [1.165, 1.54) is 16.8 Å². The second-order valence-electron chi connectivity index (χ2n) is 3.58. The van der Waals surface area contributed by atoms with Crippen molar-refractivity contribution in [2.75, 3.05) is 19.0 Å². The maximum Gasteiger partial charge on any atom is 0.0364 e. The van der Waals surface area contributed by atoms with Crippen LogP contribution >= 0.6 is 0 Å². The third-order valence-electron chi connectivity index (χ3n) is 2.39. The molecule has 13 heavy (non-hydrogen) atoms. The summed E-state index contributed by atoms with van der Waals surface area (Å²) in [5, 5.41) is 0. The van der Waals surface area contributed by atoms with Gasteiger partial charge in [0.2, 0.25) is 0 Å². The van der Waals surface area contributed by atoms with Crippen LogP contribution in [0.25, 0.3) is 0 Å². The van der Waals surface area contributed by atoms with Crippen molar-refractivity contribution in [3.63, 3.8) is 0 Å². The van der Waals surface area contributed by atoms with Crippen molar-refractivity contribution in [1.29, 1.82) is 0 Å². The van der Waals surface area contributed by atoms with E-state index in [0.29, 0.717) is 0 Å². The van der Waals surface area contributed by atoms with Crippen molar-refractivity contribution in [3.05, 3.63) is 47.9 Å². The number of rotatable bonds is 1. The molecule has 0 atom stereocenters. The van der Waals surface area contributed by atoms with Gasteiger partial charge in [0.15, 0.2) is 0 Å². The van der Waals surface area contributed by atoms with Gasteiger partial charge in [-0.05, 0) is 29.7 Å². The van der Waals surface area contributed by atoms with E-state index >= 15 is 0 Å². The highest BCUT2D eigenvalue weighted by Crippen LogP contribution is 2.22. The van der Waals surface area contributed by atoms with Crippen LogP contribution in [-0.2, 0) is 6.42 Å². The topological polar surface area (TPSA) is 3.24 Å². The summed E-state index contributed by atoms with van der Waals surface area (Å²) in [5.74, 6) is 0. The number of anilines is 1. The van der Waals surface area contributed by atoms with E-state index in [0.717, 1.165) is 6.42 Å². The van der Waals surface area contributed by atoms with Crippen LogP contribution in [0.3, 0.4) is 0 Å². The molecule has 1 heteroatoms. The van der Waals surface area contributed by atoms with Gasteiger partial charge in [0.25, 0.3) is 0 Å². The Labute approximate surface area is 79.7 Å². The van der Waals surface area contributed by atoms with Gasteiger partial charge in [-0.3, -0.25) is 0 Å². The van der Waals surface area contributed by atoms with Gasteiger partial charge in [-0.1, -0.05) is 18.2 Å². The van der Waals surface area contributed by atoms with Crippen molar-refractivity contribution in [2.24, 2.45) is 0 Å². The first kappa shape index (κ1) is 8.36. The average molecular weight is 172 g/mol. The van der Waals surface area contributed by atoms with Crippen molar-refractivity contribution in [3.8, 4) is 0 Å². The molecule has 0 saturated heterocycles. The molecule has 0 spiro atoms. The molecule has 0 fully saturated rings. The molecule has 1 aromatic rings. The molecule has 0 saturated carbocycles. The lowest BCUT2D eigenvalue weighted by Crippen LogP contribution is -2.09. The van der Waals surface area contributed by atoms with Gasteiger partial charge >= 0.3 is 0 Å². The molecular weight excluding hydrogens is 158 g/mol. The number of fused-ring (bicyclic) bond motifs is 1. The maximum absolute atomic E-state index is 2.26. The standard InChI is InChI=1S/C12H14N/c1-13(2)12-8-7-10-5-3-4-6-11(10)9-12/h3-5,7-9H,6H2,1-2H3. The molecular formula is C12H14N. The fraction of sp³-hybridized carbons (Fsp3) is 0.250. The molecule has 67 valence electrons. The van der Waals surface area contributed by atoms with Gasteiger partial charge < -0.3 is 4.90 Å². The van der Waals surface area contributed by atoms with Gasteiger partial charge in [-0.15, -0.1) is 0 Å². The molecule has 0 aromatic heterocycles. The van der Waals surface area contributed by atoms with Crippen LogP contribution in [0.2, 0.25) is 0 Å². The zero-order valence-electron chi connectivity index (χ0n) is 8.12. The number of benzene rings is 1. The van der Waals surface area contributed by atoms with Gasteiger partial charge in [-0.2, -0.15) is 0 Å². The van der Waals surface area contributed by atoms with Gasteiger partial charge in [-0.25, -0.2) is 0 Å². The smallest absolute Gasteiger partial charge is 0.0364 e. The Kier molecular flexibility index (Phi) is 2.09. The fourth-order valence-corrected chi connectivity index (χ4v) is 1.58. The number of hydrogen-bond acceptors (Lipinski definition) is 1. The molecule has 0 N–H and O–H groups in total. The summed E-state index contributed by atoms with van der Waals surface area (Å²) in [6.45, 7) is 0. The Hall–Kier alpha value is -1.24. The van der Waals surface area contributed by atoms with Gasteiger partial charge in [0.05, 0.1) is 0 Å². The molecule has 2 rings (SSSR count). The molecule has 0 heterocycles. The SMILES string of the molecule is CN(C)c1ccc2c(c1)CC=C[CH]2. The monoisotopic (exact) mass is 172 g/mol. The van der Waals surface area contributed by atoms with Crippen LogP contribution in [-0.4, -0.2) is 14.1 Å². The Morgan fingerprint density at radius 3 is 2.85 bits per heavy atom. The Morgan fingerprint density at radius 2 is 2.08 bits per heavy atom. The first-order valence-electron chi connectivity index (χ1n) is 4.57. The predicted octanol–water partition coefficient (Wildman–Crippen LogP) is 2.42. The molecule has 0 amide bonds. The fourth-order valence-electron chi connectivity index (χ4n) is 1.58. The van der Waals surface area contributed by atoms with Crippen molar-refractivity contribution < 1.29 is 0 Å². The van der Waals surface area contributed by atoms with E-state index in [-0.39, 0.29) is 0 Å². The van der Waals surface area contributed by atoms with Crippen LogP contribution < -0.4 is 4.90 Å². The molecule has 0 bridgehead atoms. The zero-order chi connectivity index (χ0) is 9.26. The lowest BCUT2D eigenvalue weighted by molar-refractivity contribution is 1.11. The highest BCUT2D eigenvalue weighted by molar-refractivity contribution is 5.54. The first-order chi connectivity index (χ1) is 6.27. The largest absolute Gasteiger partial charge is 0.378 e. The molecule has 1 aromatic carbocycles. The third kappa shape index (κ3) is 1.59. The third-order valence-corrected chi connectivity index (χ3v) is 2.39. The number of hydrogen-bond donors (Lipinski definition) is 0. The molecule has 1 radical (unpaired) electrons. The second kappa shape index (κ2) is 3.25. The van der Waals surface area contributed by atoms with Crippen LogP contribution in [0.1, 0.15) is 11.1 Å². The Bertz CT molecular complexity index is 337. The van der Waals surface area contributed by atoms with Crippen molar-refractivity contribution in [1.82, 2.24) is 0 Å². The van der Waals surface area contributed by atoms with Crippen LogP contribution in [0.15, 0.2) is 30.4 Å². The molecule has 1 aliphatic carbocycles. The van der Waals surface area contributed by atoms with Crippen LogP contribution in [0, 0.1) is 6.42 Å². The maximum atomic E-state index is 2.26. The van der Waals surface area contributed by atoms with E-state index in [4.69, 9.17) is 0 Å². The number of nitrogens with zero attached hydrogens (tertiary/aromatic N) is 1. The summed E-state index contributed by atoms with van der Waals surface area (Å²) in [6.07, 6.45) is 7.55. The molecule has 0 unspecified atom stereocenters. The summed E-state index contributed by atoms with van der Waals surface area (Å²) < 4.78 is 0. The summed E-state index contributed by atoms with van der Waals surface area (Å²) in [4.78, 5) is 2.14. The molecule has 0 aliphatic heterocycles. The minimum absolute atomic E-state index is 1.06. The van der Waals surface area contributed by atoms with Crippen LogP contribution in [0.4, 0.5) is 5.69 Å². The van der Waals surface area contributed by atoms with E-state index in [1.807, 2.05) is 0 Å².